The number of sulfonamides is 1. The average molecular weight is 558 g/mol. The highest BCUT2D eigenvalue weighted by atomic mass is 32.2. The highest BCUT2D eigenvalue weighted by molar-refractivity contribution is 7.89. The van der Waals surface area contributed by atoms with Gasteiger partial charge < -0.3 is 19.1 Å². The third-order valence-electron chi connectivity index (χ3n) is 6.22. The van der Waals surface area contributed by atoms with E-state index in [1.807, 2.05) is 28.8 Å². The van der Waals surface area contributed by atoms with Crippen molar-refractivity contribution in [3.63, 3.8) is 0 Å². The van der Waals surface area contributed by atoms with Gasteiger partial charge in [0.1, 0.15) is 24.1 Å². The molecule has 0 radical (unpaired) electrons. The van der Waals surface area contributed by atoms with E-state index in [0.717, 1.165) is 11.1 Å². The van der Waals surface area contributed by atoms with E-state index in [-0.39, 0.29) is 17.9 Å². The van der Waals surface area contributed by atoms with Crippen LogP contribution in [0.3, 0.4) is 0 Å². The summed E-state index contributed by atoms with van der Waals surface area (Å²) < 4.78 is 41.2. The van der Waals surface area contributed by atoms with Gasteiger partial charge in [0, 0.05) is 30.1 Å². The van der Waals surface area contributed by atoms with E-state index < -0.39 is 22.0 Å². The maximum absolute atomic E-state index is 13.1. The largest absolute Gasteiger partial charge is 0.497 e. The van der Waals surface area contributed by atoms with Gasteiger partial charge in [-0.15, -0.1) is 5.92 Å². The van der Waals surface area contributed by atoms with Gasteiger partial charge in [-0.1, -0.05) is 18.1 Å². The van der Waals surface area contributed by atoms with Crippen LogP contribution < -0.4 is 14.2 Å². The Morgan fingerprint density at radius 1 is 1.10 bits per heavy atom. The molecular weight excluding hydrogens is 530 g/mol. The Bertz CT molecular complexity index is 1740. The van der Waals surface area contributed by atoms with Crippen LogP contribution in [0.5, 0.6) is 11.5 Å². The predicted octanol–water partition coefficient (Wildman–Crippen LogP) is 3.95. The van der Waals surface area contributed by atoms with Crippen LogP contribution in [0, 0.1) is 23.2 Å². The zero-order valence-electron chi connectivity index (χ0n) is 21.9. The highest BCUT2D eigenvalue weighted by Crippen LogP contribution is 2.26. The van der Waals surface area contributed by atoms with Crippen LogP contribution in [0.15, 0.2) is 77.8 Å². The first-order chi connectivity index (χ1) is 19.2. The van der Waals surface area contributed by atoms with Crippen LogP contribution in [-0.2, 0) is 27.8 Å². The van der Waals surface area contributed by atoms with Crippen molar-refractivity contribution in [2.45, 2.75) is 30.8 Å². The first-order valence-electron chi connectivity index (χ1n) is 12.3. The third kappa shape index (κ3) is 6.62. The highest BCUT2D eigenvalue weighted by Gasteiger charge is 2.27. The quantitative estimate of drug-likeness (QED) is 0.267. The van der Waals surface area contributed by atoms with E-state index in [0.29, 0.717) is 34.6 Å². The molecule has 3 aromatic carbocycles. The molecule has 0 amide bonds. The monoisotopic (exact) mass is 557 g/mol. The van der Waals surface area contributed by atoms with Gasteiger partial charge in [0.2, 0.25) is 10.0 Å². The maximum Gasteiger partial charge on any atom is 0.322 e. The summed E-state index contributed by atoms with van der Waals surface area (Å²) in [5, 5.41) is 20.1. The summed E-state index contributed by atoms with van der Waals surface area (Å²) in [5.74, 6) is 5.27. The number of nitrogens with zero attached hydrogens (tertiary/aromatic N) is 2. The summed E-state index contributed by atoms with van der Waals surface area (Å²) in [6.07, 6.45) is 1.66. The van der Waals surface area contributed by atoms with Crippen molar-refractivity contribution >= 4 is 26.9 Å². The van der Waals surface area contributed by atoms with Gasteiger partial charge in [-0.2, -0.15) is 9.98 Å². The molecule has 204 valence electrons. The molecule has 0 bridgehead atoms. The molecule has 0 spiro atoms. The van der Waals surface area contributed by atoms with Crippen LogP contribution >= 0.6 is 0 Å². The molecule has 1 atom stereocenters. The number of hydrogen-bond acceptors (Lipinski definition) is 6. The molecule has 2 N–H and O–H groups in total. The van der Waals surface area contributed by atoms with Gasteiger partial charge >= 0.3 is 5.97 Å². The summed E-state index contributed by atoms with van der Waals surface area (Å²) in [6, 6.07) is 19.0. The standard InChI is InChI=1S/C30H27N3O6S/c1-3-4-14-39-24-9-11-26(12-10-24)40(36,37)32-28(30(34)35)17-23-20-33(19-22-6-5-7-25(15-22)38-2)29-13-8-21(18-31)16-27(23)29/h5-13,15-16,20,28,32H,14,17,19H2,1-2H3,(H,34,35). The van der Waals surface area contributed by atoms with E-state index in [1.165, 1.54) is 24.3 Å². The molecule has 10 heteroatoms. The number of benzene rings is 3. The Morgan fingerprint density at radius 2 is 1.88 bits per heavy atom. The number of nitriles is 1. The molecule has 4 aromatic rings. The number of hydrogen-bond donors (Lipinski definition) is 2. The van der Waals surface area contributed by atoms with E-state index in [2.05, 4.69) is 22.6 Å². The Balaban J connectivity index is 1.62. The SMILES string of the molecule is CC#CCOc1ccc(S(=O)(=O)NC(Cc2cn(Cc3cccc(OC)c3)c3ccc(C#N)cc23)C(=O)O)cc1. The zero-order chi connectivity index (χ0) is 28.7. The third-order valence-corrected chi connectivity index (χ3v) is 7.71. The predicted molar refractivity (Wildman–Crippen MR) is 150 cm³/mol. The topological polar surface area (TPSA) is 131 Å². The molecule has 0 aliphatic heterocycles. The number of rotatable bonds is 11. The number of aliphatic carboxylic acids is 1. The van der Waals surface area contributed by atoms with Crippen LogP contribution in [-0.4, -0.2) is 43.8 Å². The van der Waals surface area contributed by atoms with Gasteiger partial charge in [-0.3, -0.25) is 4.79 Å². The number of carboxylic acid groups (broad SMARTS) is 1. The molecule has 0 aliphatic carbocycles. The van der Waals surface area contributed by atoms with Crippen molar-refractivity contribution in [3.8, 4) is 29.4 Å². The number of ether oxygens (including phenoxy) is 2. The van der Waals surface area contributed by atoms with Crippen LogP contribution in [0.1, 0.15) is 23.6 Å². The van der Waals surface area contributed by atoms with Crippen molar-refractivity contribution < 1.29 is 27.8 Å². The minimum atomic E-state index is -4.17. The Hall–Kier alpha value is -4.77. The lowest BCUT2D eigenvalue weighted by molar-refractivity contribution is -0.138. The van der Waals surface area contributed by atoms with Crippen molar-refractivity contribution in [1.82, 2.24) is 9.29 Å². The van der Waals surface area contributed by atoms with Gasteiger partial charge in [-0.25, -0.2) is 8.42 Å². The van der Waals surface area contributed by atoms with Gasteiger partial charge in [0.25, 0.3) is 0 Å². The van der Waals surface area contributed by atoms with Crippen molar-refractivity contribution in [2.75, 3.05) is 13.7 Å². The fourth-order valence-corrected chi connectivity index (χ4v) is 5.45. The summed E-state index contributed by atoms with van der Waals surface area (Å²) >= 11 is 0. The van der Waals surface area contributed by atoms with Crippen molar-refractivity contribution in [1.29, 1.82) is 5.26 Å². The summed E-state index contributed by atoms with van der Waals surface area (Å²) in [4.78, 5) is 12.1. The van der Waals surface area contributed by atoms with Crippen LogP contribution in [0.2, 0.25) is 0 Å². The van der Waals surface area contributed by atoms with E-state index in [4.69, 9.17) is 9.47 Å². The second-order valence-electron chi connectivity index (χ2n) is 8.88. The van der Waals surface area contributed by atoms with Crippen LogP contribution in [0.25, 0.3) is 10.9 Å². The molecule has 0 fully saturated rings. The van der Waals surface area contributed by atoms with Gasteiger partial charge in [0.15, 0.2) is 0 Å². The molecule has 1 aromatic heterocycles. The fourth-order valence-electron chi connectivity index (χ4n) is 4.26. The van der Waals surface area contributed by atoms with Crippen LogP contribution in [0.4, 0.5) is 0 Å². The van der Waals surface area contributed by atoms with Crippen molar-refractivity contribution in [2.24, 2.45) is 0 Å². The number of carboxylic acids is 1. The number of nitrogens with one attached hydrogen (secondary N) is 1. The van der Waals surface area contributed by atoms with E-state index in [9.17, 15) is 23.6 Å². The molecule has 1 heterocycles. The smallest absolute Gasteiger partial charge is 0.322 e. The molecule has 0 saturated carbocycles. The number of methoxy groups -OCH3 is 1. The average Bonchev–Trinajstić information content (AvgIpc) is 3.28. The second-order valence-corrected chi connectivity index (χ2v) is 10.6. The first-order valence-corrected chi connectivity index (χ1v) is 13.7. The Morgan fingerprint density at radius 3 is 2.55 bits per heavy atom. The second kappa shape index (κ2) is 12.4. The maximum atomic E-state index is 13.1. The molecule has 1 unspecified atom stereocenters. The molecule has 0 aliphatic rings. The molecule has 40 heavy (non-hydrogen) atoms. The van der Waals surface area contributed by atoms with Crippen molar-refractivity contribution in [3.05, 3.63) is 89.6 Å². The number of aromatic nitrogens is 1. The van der Waals surface area contributed by atoms with E-state index in [1.54, 1.807) is 38.4 Å². The molecular formula is C30H27N3O6S. The molecule has 0 saturated heterocycles. The summed E-state index contributed by atoms with van der Waals surface area (Å²) in [6.45, 7) is 2.31. The summed E-state index contributed by atoms with van der Waals surface area (Å²) in [5.41, 5.74) is 2.74. The lowest BCUT2D eigenvalue weighted by Crippen LogP contribution is -2.42. The number of carbonyl (C=O) groups is 1. The Labute approximate surface area is 232 Å². The fraction of sp³-hybridized carbons (Fsp3) is 0.200. The lowest BCUT2D eigenvalue weighted by atomic mass is 10.0. The van der Waals surface area contributed by atoms with Gasteiger partial charge in [-0.05, 0) is 72.6 Å². The zero-order valence-corrected chi connectivity index (χ0v) is 22.7. The molecule has 9 nitrogen and oxygen atoms in total. The first kappa shape index (κ1) is 28.2. The normalized spacial score (nSPS) is 11.7. The summed E-state index contributed by atoms with van der Waals surface area (Å²) in [7, 11) is -2.58. The Kier molecular flexibility index (Phi) is 8.75. The minimum absolute atomic E-state index is 0.0973. The molecule has 4 rings (SSSR count). The number of fused-ring (bicyclic) bond motifs is 1. The van der Waals surface area contributed by atoms with E-state index >= 15 is 0 Å². The minimum Gasteiger partial charge on any atom is -0.497 e. The van der Waals surface area contributed by atoms with Gasteiger partial charge in [0.05, 0.1) is 23.6 Å². The lowest BCUT2D eigenvalue weighted by Gasteiger charge is -2.15.